The summed E-state index contributed by atoms with van der Waals surface area (Å²) in [5.41, 5.74) is 6.06. The van der Waals surface area contributed by atoms with Crippen LogP contribution in [0, 0.1) is 19.3 Å². The molecule has 4 heterocycles. The maximum atomic E-state index is 12.8. The molecule has 46 heavy (non-hydrogen) atoms. The van der Waals surface area contributed by atoms with Gasteiger partial charge >= 0.3 is 5.97 Å². The molecule has 9 nitrogen and oxygen atoms in total. The molecule has 0 saturated carbocycles. The number of nitrogens with zero attached hydrogens (tertiary/aromatic N) is 6. The fourth-order valence-corrected chi connectivity index (χ4v) is 6.41. The van der Waals surface area contributed by atoms with Gasteiger partial charge in [-0.15, -0.1) is 13.2 Å². The first-order valence-electron chi connectivity index (χ1n) is 16.3. The smallest absolute Gasteiger partial charge is 0.337 e. The molecule has 0 amide bonds. The summed E-state index contributed by atoms with van der Waals surface area (Å²) in [7, 11) is 0. The van der Waals surface area contributed by atoms with E-state index in [0.717, 1.165) is 85.8 Å². The predicted molar refractivity (Wildman–Crippen MR) is 184 cm³/mol. The minimum absolute atomic E-state index is 0.200. The van der Waals surface area contributed by atoms with E-state index in [-0.39, 0.29) is 5.41 Å². The molecule has 0 aliphatic carbocycles. The maximum absolute atomic E-state index is 12.8. The van der Waals surface area contributed by atoms with Crippen molar-refractivity contribution in [2.45, 2.75) is 91.8 Å². The number of aromatic nitrogens is 5. The zero-order valence-electron chi connectivity index (χ0n) is 28.2. The lowest BCUT2D eigenvalue weighted by molar-refractivity contribution is -0.160. The van der Waals surface area contributed by atoms with E-state index in [1.165, 1.54) is 0 Å². The Hall–Kier alpha value is -4.24. The summed E-state index contributed by atoms with van der Waals surface area (Å²) in [6.07, 6.45) is 8.46. The molecule has 1 fully saturated rings. The highest BCUT2D eigenvalue weighted by Crippen LogP contribution is 2.41. The molecule has 1 N–H and O–H groups in total. The molecule has 244 valence electrons. The zero-order chi connectivity index (χ0) is 33.2. The Balaban J connectivity index is 1.63. The lowest BCUT2D eigenvalue weighted by atomic mass is 9.76. The van der Waals surface area contributed by atoms with Gasteiger partial charge in [-0.1, -0.05) is 31.2 Å². The molecular formula is C37H48N6O3. The normalized spacial score (nSPS) is 15.7. The van der Waals surface area contributed by atoms with Crippen LogP contribution in [0.25, 0.3) is 22.6 Å². The van der Waals surface area contributed by atoms with Crippen LogP contribution in [-0.2, 0) is 16.0 Å². The third-order valence-electron chi connectivity index (χ3n) is 8.88. The lowest BCUT2D eigenvalue weighted by Gasteiger charge is -2.41. The van der Waals surface area contributed by atoms with Gasteiger partial charge in [-0.3, -0.25) is 0 Å². The lowest BCUT2D eigenvalue weighted by Crippen LogP contribution is -2.41. The van der Waals surface area contributed by atoms with E-state index in [4.69, 9.17) is 19.9 Å². The van der Waals surface area contributed by atoms with Gasteiger partial charge in [-0.2, -0.15) is 14.7 Å². The van der Waals surface area contributed by atoms with Gasteiger partial charge in [0.15, 0.2) is 11.8 Å². The van der Waals surface area contributed by atoms with Gasteiger partial charge in [-0.25, -0.2) is 14.5 Å². The summed E-state index contributed by atoms with van der Waals surface area (Å²) < 4.78 is 10.0. The third kappa shape index (κ3) is 7.09. The van der Waals surface area contributed by atoms with Crippen molar-refractivity contribution < 1.29 is 14.6 Å². The molecule has 0 bridgehead atoms. The predicted octanol–water partition coefficient (Wildman–Crippen LogP) is 7.83. The number of carboxylic acids is 1. The second-order valence-corrected chi connectivity index (χ2v) is 13.9. The van der Waals surface area contributed by atoms with Crippen molar-refractivity contribution in [1.29, 1.82) is 0 Å². The molecule has 1 atom stereocenters. The molecule has 1 aliphatic heterocycles. The van der Waals surface area contributed by atoms with E-state index in [0.29, 0.717) is 16.9 Å². The molecular weight excluding hydrogens is 576 g/mol. The van der Waals surface area contributed by atoms with E-state index in [2.05, 4.69) is 37.1 Å². The molecule has 1 unspecified atom stereocenters. The van der Waals surface area contributed by atoms with Crippen molar-refractivity contribution in [3.8, 4) is 16.9 Å². The first-order chi connectivity index (χ1) is 21.8. The van der Waals surface area contributed by atoms with E-state index >= 15 is 0 Å². The van der Waals surface area contributed by atoms with Crippen LogP contribution in [0.3, 0.4) is 0 Å². The first kappa shape index (κ1) is 33.1. The van der Waals surface area contributed by atoms with Gasteiger partial charge < -0.3 is 14.7 Å². The number of benzene rings is 1. The Kier molecular flexibility index (Phi) is 9.54. The van der Waals surface area contributed by atoms with Crippen molar-refractivity contribution >= 4 is 17.4 Å². The van der Waals surface area contributed by atoms with Crippen LogP contribution in [0.2, 0.25) is 0 Å². The highest BCUT2D eigenvalue weighted by atomic mass is 16.5. The standard InChI is InChI=1S/C37H48N6O3/c1-9-11-15-28-22-25(3)39-42(28)29-16-13-14-27(23-29)30-24-31-38-26(4)32(33(35(44)45)46-36(5,6)7)34(43(31)40-30)41-20-18-37(8,19-21-41)17-12-10-2/h9-10,13-14,16,22-24,33H,1-2,11-12,15,17-21H2,3-8H3,(H,44,45). The molecule has 0 spiro atoms. The quantitative estimate of drug-likeness (QED) is 0.160. The number of carbonyl (C=O) groups is 1. The Bertz CT molecular complexity index is 1740. The van der Waals surface area contributed by atoms with Crippen LogP contribution in [-0.4, -0.2) is 54.1 Å². The largest absolute Gasteiger partial charge is 0.479 e. The van der Waals surface area contributed by atoms with E-state index in [9.17, 15) is 9.90 Å². The third-order valence-corrected chi connectivity index (χ3v) is 8.88. The summed E-state index contributed by atoms with van der Waals surface area (Å²) in [6.45, 7) is 21.2. The number of hydrogen-bond acceptors (Lipinski definition) is 6. The fourth-order valence-electron chi connectivity index (χ4n) is 6.41. The van der Waals surface area contributed by atoms with Crippen LogP contribution in [0.1, 0.15) is 88.5 Å². The molecule has 1 aliphatic rings. The number of fused-ring (bicyclic) bond motifs is 1. The number of piperidine rings is 1. The Labute approximate surface area is 272 Å². The summed E-state index contributed by atoms with van der Waals surface area (Å²) in [5.74, 6) is -0.308. The second kappa shape index (κ2) is 13.2. The summed E-state index contributed by atoms with van der Waals surface area (Å²) in [4.78, 5) is 20.0. The average Bonchev–Trinajstić information content (AvgIpc) is 3.60. The molecule has 1 aromatic carbocycles. The number of allylic oxidation sites excluding steroid dienone is 2. The van der Waals surface area contributed by atoms with Crippen molar-refractivity contribution in [3.05, 3.63) is 84.4 Å². The van der Waals surface area contributed by atoms with Gasteiger partial charge in [0, 0.05) is 36.1 Å². The van der Waals surface area contributed by atoms with Crippen LogP contribution in [0.4, 0.5) is 5.82 Å². The average molecular weight is 625 g/mol. The summed E-state index contributed by atoms with van der Waals surface area (Å²) in [6, 6.07) is 12.3. The van der Waals surface area contributed by atoms with Gasteiger partial charge in [0.1, 0.15) is 5.82 Å². The molecule has 3 aromatic heterocycles. The molecule has 5 rings (SSSR count). The number of carboxylic acid groups (broad SMARTS) is 1. The number of aryl methyl sites for hydroxylation is 3. The molecule has 1 saturated heterocycles. The number of hydrogen-bond donors (Lipinski definition) is 1. The summed E-state index contributed by atoms with van der Waals surface area (Å²) >= 11 is 0. The number of rotatable bonds is 12. The van der Waals surface area contributed by atoms with Crippen molar-refractivity contribution in [3.63, 3.8) is 0 Å². The Morgan fingerprint density at radius 2 is 1.80 bits per heavy atom. The minimum atomic E-state index is -1.20. The first-order valence-corrected chi connectivity index (χ1v) is 16.3. The van der Waals surface area contributed by atoms with Crippen LogP contribution in [0.15, 0.2) is 61.7 Å². The van der Waals surface area contributed by atoms with Gasteiger partial charge in [0.25, 0.3) is 0 Å². The SMILES string of the molecule is C=CCCc1cc(C)nn1-c1cccc(-c2cc3nc(C)c(C(OC(C)(C)C)C(=O)O)c(N4CCC(C)(CCC=C)CC4)n3n2)c1. The van der Waals surface area contributed by atoms with Gasteiger partial charge in [0.05, 0.1) is 28.2 Å². The Morgan fingerprint density at radius 3 is 2.46 bits per heavy atom. The fraction of sp³-hybridized carbons (Fsp3) is 0.459. The molecule has 0 radical (unpaired) electrons. The topological polar surface area (TPSA) is 97.8 Å². The Morgan fingerprint density at radius 1 is 1.09 bits per heavy atom. The van der Waals surface area contributed by atoms with E-state index in [1.807, 2.05) is 80.2 Å². The van der Waals surface area contributed by atoms with Gasteiger partial charge in [0.2, 0.25) is 0 Å². The van der Waals surface area contributed by atoms with Gasteiger partial charge in [-0.05, 0) is 96.8 Å². The molecule has 9 heteroatoms. The van der Waals surface area contributed by atoms with E-state index < -0.39 is 17.7 Å². The van der Waals surface area contributed by atoms with Crippen LogP contribution in [0.5, 0.6) is 0 Å². The highest BCUT2D eigenvalue weighted by molar-refractivity contribution is 5.79. The van der Waals surface area contributed by atoms with Crippen molar-refractivity contribution in [1.82, 2.24) is 24.4 Å². The second-order valence-electron chi connectivity index (χ2n) is 13.9. The summed E-state index contributed by atoms with van der Waals surface area (Å²) in [5, 5.41) is 20.3. The van der Waals surface area contributed by atoms with Crippen LogP contribution < -0.4 is 4.90 Å². The number of aliphatic carboxylic acids is 1. The molecule has 4 aromatic rings. The van der Waals surface area contributed by atoms with Crippen molar-refractivity contribution in [2.24, 2.45) is 5.41 Å². The number of anilines is 1. The highest BCUT2D eigenvalue weighted by Gasteiger charge is 2.37. The number of ether oxygens (including phenoxy) is 1. The minimum Gasteiger partial charge on any atom is -0.479 e. The van der Waals surface area contributed by atoms with E-state index in [1.54, 1.807) is 0 Å². The monoisotopic (exact) mass is 624 g/mol. The maximum Gasteiger partial charge on any atom is 0.337 e. The van der Waals surface area contributed by atoms with Crippen LogP contribution >= 0.6 is 0 Å². The zero-order valence-corrected chi connectivity index (χ0v) is 28.2. The van der Waals surface area contributed by atoms with Crippen molar-refractivity contribution in [2.75, 3.05) is 18.0 Å².